The second kappa shape index (κ2) is 8.04. The molecule has 1 unspecified atom stereocenters. The molecule has 0 bridgehead atoms. The smallest absolute Gasteiger partial charge is 0.0109 e. The fourth-order valence-electron chi connectivity index (χ4n) is 2.31. The van der Waals surface area contributed by atoms with E-state index < -0.39 is 0 Å². The number of nitrogens with one attached hydrogen (secondary N) is 1. The molecule has 0 aliphatic carbocycles. The number of likely N-dealkylation sites (N-methyl/N-ethyl adjacent to an activating group) is 1. The van der Waals surface area contributed by atoms with Crippen LogP contribution in [0.15, 0.2) is 0 Å². The van der Waals surface area contributed by atoms with Crippen molar-refractivity contribution < 1.29 is 0 Å². The van der Waals surface area contributed by atoms with Crippen LogP contribution in [0.2, 0.25) is 0 Å². The van der Waals surface area contributed by atoms with E-state index in [0.717, 1.165) is 12.5 Å². The molecule has 1 saturated heterocycles. The van der Waals surface area contributed by atoms with Crippen LogP contribution >= 0.6 is 0 Å². The predicted octanol–water partition coefficient (Wildman–Crippen LogP) is 1.26. The highest BCUT2D eigenvalue weighted by atomic mass is 15.2. The Hall–Kier alpha value is -0.120. The highest BCUT2D eigenvalue weighted by Gasteiger charge is 2.14. The van der Waals surface area contributed by atoms with Gasteiger partial charge in [0, 0.05) is 19.6 Å². The SMILES string of the molecule is CCCNCC(C)CN1CCCN(C)CC1. The second-order valence-corrected chi connectivity index (χ2v) is 5.27. The molecule has 0 amide bonds. The molecular weight excluding hydrogens is 198 g/mol. The zero-order chi connectivity index (χ0) is 11.8. The van der Waals surface area contributed by atoms with Crippen molar-refractivity contribution in [1.29, 1.82) is 0 Å². The minimum Gasteiger partial charge on any atom is -0.316 e. The summed E-state index contributed by atoms with van der Waals surface area (Å²) in [7, 11) is 2.23. The molecule has 0 aromatic carbocycles. The first kappa shape index (κ1) is 13.9. The summed E-state index contributed by atoms with van der Waals surface area (Å²) in [6.45, 7) is 13.2. The highest BCUT2D eigenvalue weighted by molar-refractivity contribution is 4.70. The standard InChI is InChI=1S/C13H29N3/c1-4-6-14-11-13(2)12-16-8-5-7-15(3)9-10-16/h13-14H,4-12H2,1-3H3. The van der Waals surface area contributed by atoms with Gasteiger partial charge in [-0.15, -0.1) is 0 Å². The molecular formula is C13H29N3. The summed E-state index contributed by atoms with van der Waals surface area (Å²) in [6, 6.07) is 0. The molecule has 0 spiro atoms. The van der Waals surface area contributed by atoms with Crippen molar-refractivity contribution in [2.75, 3.05) is 52.9 Å². The summed E-state index contributed by atoms with van der Waals surface area (Å²) in [6.07, 6.45) is 2.56. The lowest BCUT2D eigenvalue weighted by molar-refractivity contribution is 0.239. The predicted molar refractivity (Wildman–Crippen MR) is 70.9 cm³/mol. The van der Waals surface area contributed by atoms with E-state index >= 15 is 0 Å². The lowest BCUT2D eigenvalue weighted by Gasteiger charge is -2.24. The fraction of sp³-hybridized carbons (Fsp3) is 1.00. The van der Waals surface area contributed by atoms with Gasteiger partial charge in [0.15, 0.2) is 0 Å². The van der Waals surface area contributed by atoms with Gasteiger partial charge in [0.05, 0.1) is 0 Å². The van der Waals surface area contributed by atoms with E-state index in [1.54, 1.807) is 0 Å². The Kier molecular flexibility index (Phi) is 7.01. The topological polar surface area (TPSA) is 18.5 Å². The molecule has 0 radical (unpaired) electrons. The minimum absolute atomic E-state index is 0.773. The summed E-state index contributed by atoms with van der Waals surface area (Å²) in [5, 5.41) is 3.51. The number of hydrogen-bond acceptors (Lipinski definition) is 3. The van der Waals surface area contributed by atoms with Gasteiger partial charge in [-0.25, -0.2) is 0 Å². The van der Waals surface area contributed by atoms with Crippen molar-refractivity contribution >= 4 is 0 Å². The van der Waals surface area contributed by atoms with Crippen LogP contribution in [0, 0.1) is 5.92 Å². The first-order valence-corrected chi connectivity index (χ1v) is 6.84. The van der Waals surface area contributed by atoms with Crippen LogP contribution in [0.4, 0.5) is 0 Å². The van der Waals surface area contributed by atoms with E-state index in [-0.39, 0.29) is 0 Å². The molecule has 1 atom stereocenters. The average Bonchev–Trinajstić information content (AvgIpc) is 2.44. The molecule has 1 rings (SSSR count). The summed E-state index contributed by atoms with van der Waals surface area (Å²) in [4.78, 5) is 5.07. The van der Waals surface area contributed by atoms with Crippen LogP contribution in [0.25, 0.3) is 0 Å². The normalized spacial score (nSPS) is 21.9. The van der Waals surface area contributed by atoms with E-state index in [1.807, 2.05) is 0 Å². The summed E-state index contributed by atoms with van der Waals surface area (Å²) in [5.41, 5.74) is 0. The van der Waals surface area contributed by atoms with Crippen LogP contribution in [-0.2, 0) is 0 Å². The van der Waals surface area contributed by atoms with Crippen LogP contribution in [0.5, 0.6) is 0 Å². The Morgan fingerprint density at radius 3 is 2.75 bits per heavy atom. The maximum Gasteiger partial charge on any atom is 0.0109 e. The Balaban J connectivity index is 2.14. The molecule has 16 heavy (non-hydrogen) atoms. The first-order chi connectivity index (χ1) is 7.72. The van der Waals surface area contributed by atoms with Crippen molar-refractivity contribution in [2.24, 2.45) is 5.92 Å². The van der Waals surface area contributed by atoms with Gasteiger partial charge in [-0.1, -0.05) is 13.8 Å². The molecule has 3 nitrogen and oxygen atoms in total. The molecule has 1 fully saturated rings. The number of nitrogens with zero attached hydrogens (tertiary/aromatic N) is 2. The minimum atomic E-state index is 0.773. The Morgan fingerprint density at radius 2 is 2.00 bits per heavy atom. The molecule has 1 aliphatic rings. The van der Waals surface area contributed by atoms with Gasteiger partial charge < -0.3 is 15.1 Å². The Labute approximate surface area is 101 Å². The van der Waals surface area contributed by atoms with Crippen LogP contribution in [0.1, 0.15) is 26.7 Å². The maximum absolute atomic E-state index is 3.51. The molecule has 0 aromatic heterocycles. The second-order valence-electron chi connectivity index (χ2n) is 5.27. The lowest BCUT2D eigenvalue weighted by Crippen LogP contribution is -2.35. The number of rotatable bonds is 6. The average molecular weight is 227 g/mol. The summed E-state index contributed by atoms with van der Waals surface area (Å²) >= 11 is 0. The lowest BCUT2D eigenvalue weighted by atomic mass is 10.1. The van der Waals surface area contributed by atoms with Crippen LogP contribution in [-0.4, -0.2) is 62.7 Å². The maximum atomic E-state index is 3.51. The van der Waals surface area contributed by atoms with E-state index in [4.69, 9.17) is 0 Å². The fourth-order valence-corrected chi connectivity index (χ4v) is 2.31. The Bertz CT molecular complexity index is 173. The van der Waals surface area contributed by atoms with Crippen molar-refractivity contribution in [3.8, 4) is 0 Å². The quantitative estimate of drug-likeness (QED) is 0.689. The molecule has 0 saturated carbocycles. The third-order valence-electron chi connectivity index (χ3n) is 3.30. The Morgan fingerprint density at radius 1 is 1.19 bits per heavy atom. The zero-order valence-corrected chi connectivity index (χ0v) is 11.3. The molecule has 1 N–H and O–H groups in total. The van der Waals surface area contributed by atoms with Crippen molar-refractivity contribution in [2.45, 2.75) is 26.7 Å². The molecule has 1 aliphatic heterocycles. The van der Waals surface area contributed by atoms with Gasteiger partial charge in [0.25, 0.3) is 0 Å². The van der Waals surface area contributed by atoms with Crippen LogP contribution < -0.4 is 5.32 Å². The highest BCUT2D eigenvalue weighted by Crippen LogP contribution is 2.04. The van der Waals surface area contributed by atoms with E-state index in [9.17, 15) is 0 Å². The molecule has 0 aromatic rings. The third-order valence-corrected chi connectivity index (χ3v) is 3.30. The molecule has 1 heterocycles. The monoisotopic (exact) mass is 227 g/mol. The van der Waals surface area contributed by atoms with E-state index in [2.05, 4.69) is 36.0 Å². The molecule has 3 heteroatoms. The first-order valence-electron chi connectivity index (χ1n) is 6.84. The zero-order valence-electron chi connectivity index (χ0n) is 11.3. The van der Waals surface area contributed by atoms with E-state index in [0.29, 0.717) is 0 Å². The van der Waals surface area contributed by atoms with Gasteiger partial charge in [0.1, 0.15) is 0 Å². The van der Waals surface area contributed by atoms with Crippen LogP contribution in [0.3, 0.4) is 0 Å². The van der Waals surface area contributed by atoms with Crippen molar-refractivity contribution in [3.63, 3.8) is 0 Å². The van der Waals surface area contributed by atoms with Gasteiger partial charge in [0.2, 0.25) is 0 Å². The summed E-state index contributed by atoms with van der Waals surface area (Å²) in [5.74, 6) is 0.773. The van der Waals surface area contributed by atoms with Gasteiger partial charge >= 0.3 is 0 Å². The largest absolute Gasteiger partial charge is 0.316 e. The van der Waals surface area contributed by atoms with Crippen molar-refractivity contribution in [3.05, 3.63) is 0 Å². The number of hydrogen-bond donors (Lipinski definition) is 1. The summed E-state index contributed by atoms with van der Waals surface area (Å²) < 4.78 is 0. The van der Waals surface area contributed by atoms with E-state index in [1.165, 1.54) is 52.1 Å². The van der Waals surface area contributed by atoms with Crippen molar-refractivity contribution in [1.82, 2.24) is 15.1 Å². The van der Waals surface area contributed by atoms with Gasteiger partial charge in [-0.2, -0.15) is 0 Å². The van der Waals surface area contributed by atoms with Gasteiger partial charge in [-0.3, -0.25) is 0 Å². The molecule has 96 valence electrons. The third kappa shape index (κ3) is 5.83. The van der Waals surface area contributed by atoms with Gasteiger partial charge in [-0.05, 0) is 52.0 Å².